The molecular weight excluding hydrogens is 246 g/mol. The molecule has 1 amide bonds. The van der Waals surface area contributed by atoms with Crippen LogP contribution < -0.4 is 0 Å². The van der Waals surface area contributed by atoms with Gasteiger partial charge in [-0.3, -0.25) is 4.90 Å². The number of carbonyl (C=O) groups excluding carboxylic acids is 2. The van der Waals surface area contributed by atoms with Crippen LogP contribution in [0.25, 0.3) is 0 Å². The lowest BCUT2D eigenvalue weighted by molar-refractivity contribution is -0.124. The van der Waals surface area contributed by atoms with Gasteiger partial charge in [0.25, 0.3) is 0 Å². The SMILES string of the molecule is CC(C)C1C(C=O)OC(C)(C)N1C(=O)OC(C)(C)C. The Morgan fingerprint density at radius 1 is 1.37 bits per heavy atom. The lowest BCUT2D eigenvalue weighted by Gasteiger charge is -2.36. The molecule has 110 valence electrons. The quantitative estimate of drug-likeness (QED) is 0.724. The van der Waals surface area contributed by atoms with E-state index in [0.717, 1.165) is 6.29 Å². The number of aldehydes is 1. The Bertz CT molecular complexity index is 357. The Kier molecular flexibility index (Phi) is 4.30. The van der Waals surface area contributed by atoms with Crippen molar-refractivity contribution in [3.63, 3.8) is 0 Å². The maximum atomic E-state index is 12.4. The van der Waals surface area contributed by atoms with Gasteiger partial charge in [0.05, 0.1) is 6.04 Å². The van der Waals surface area contributed by atoms with Gasteiger partial charge < -0.3 is 14.3 Å². The normalized spacial score (nSPS) is 26.6. The van der Waals surface area contributed by atoms with Gasteiger partial charge in [-0.05, 0) is 40.5 Å². The van der Waals surface area contributed by atoms with E-state index in [4.69, 9.17) is 9.47 Å². The van der Waals surface area contributed by atoms with Crippen molar-refractivity contribution in [1.82, 2.24) is 4.90 Å². The number of nitrogens with zero attached hydrogens (tertiary/aromatic N) is 1. The van der Waals surface area contributed by atoms with Gasteiger partial charge in [-0.1, -0.05) is 13.8 Å². The van der Waals surface area contributed by atoms with Crippen molar-refractivity contribution in [1.29, 1.82) is 0 Å². The van der Waals surface area contributed by atoms with Crippen LogP contribution in [0.4, 0.5) is 4.79 Å². The number of hydrogen-bond donors (Lipinski definition) is 0. The molecule has 0 N–H and O–H groups in total. The first-order chi connectivity index (χ1) is 8.49. The van der Waals surface area contributed by atoms with E-state index in [9.17, 15) is 9.59 Å². The van der Waals surface area contributed by atoms with Gasteiger partial charge in [0.1, 0.15) is 17.4 Å². The number of rotatable bonds is 2. The minimum absolute atomic E-state index is 0.101. The molecule has 19 heavy (non-hydrogen) atoms. The zero-order valence-corrected chi connectivity index (χ0v) is 12.9. The van der Waals surface area contributed by atoms with E-state index in [1.54, 1.807) is 18.7 Å². The first kappa shape index (κ1) is 16.0. The Balaban J connectivity index is 3.05. The molecule has 5 nitrogen and oxygen atoms in total. The molecule has 2 unspecified atom stereocenters. The molecule has 0 aromatic rings. The minimum Gasteiger partial charge on any atom is -0.444 e. The molecule has 1 heterocycles. The molecular formula is C14H25NO4. The van der Waals surface area contributed by atoms with Gasteiger partial charge in [-0.2, -0.15) is 0 Å². The van der Waals surface area contributed by atoms with Gasteiger partial charge in [-0.25, -0.2) is 4.79 Å². The van der Waals surface area contributed by atoms with Crippen LogP contribution in [0.15, 0.2) is 0 Å². The van der Waals surface area contributed by atoms with Crippen molar-refractivity contribution >= 4 is 12.4 Å². The van der Waals surface area contributed by atoms with Crippen LogP contribution >= 0.6 is 0 Å². The summed E-state index contributed by atoms with van der Waals surface area (Å²) in [5.41, 5.74) is -1.42. The van der Waals surface area contributed by atoms with Crippen LogP contribution in [0.1, 0.15) is 48.5 Å². The van der Waals surface area contributed by atoms with Gasteiger partial charge in [0.2, 0.25) is 0 Å². The highest BCUT2D eigenvalue weighted by Crippen LogP contribution is 2.36. The summed E-state index contributed by atoms with van der Waals surface area (Å²) < 4.78 is 11.1. The van der Waals surface area contributed by atoms with Crippen molar-refractivity contribution in [2.45, 2.75) is 71.9 Å². The molecule has 0 aromatic carbocycles. The fourth-order valence-corrected chi connectivity index (χ4v) is 2.40. The average Bonchev–Trinajstić information content (AvgIpc) is 2.46. The molecule has 1 fully saturated rings. The van der Waals surface area contributed by atoms with Crippen LogP contribution in [-0.4, -0.2) is 40.8 Å². The zero-order chi connectivity index (χ0) is 15.0. The molecule has 0 saturated carbocycles. The number of ether oxygens (including phenoxy) is 2. The van der Waals surface area contributed by atoms with Crippen LogP contribution in [-0.2, 0) is 14.3 Å². The van der Waals surface area contributed by atoms with Crippen molar-refractivity contribution in [2.75, 3.05) is 0 Å². The second kappa shape index (κ2) is 5.12. The smallest absolute Gasteiger partial charge is 0.412 e. The second-order valence-electron chi connectivity index (χ2n) is 6.75. The minimum atomic E-state index is -0.844. The summed E-state index contributed by atoms with van der Waals surface area (Å²) in [5.74, 6) is 0.101. The van der Waals surface area contributed by atoms with Gasteiger partial charge in [0.15, 0.2) is 6.29 Å². The number of carbonyl (C=O) groups is 2. The molecule has 0 aliphatic carbocycles. The third-order valence-corrected chi connectivity index (χ3v) is 3.05. The van der Waals surface area contributed by atoms with Crippen LogP contribution in [0.5, 0.6) is 0 Å². The largest absolute Gasteiger partial charge is 0.444 e. The summed E-state index contributed by atoms with van der Waals surface area (Å²) in [7, 11) is 0. The third-order valence-electron chi connectivity index (χ3n) is 3.05. The predicted octanol–water partition coefficient (Wildman–Crippen LogP) is 2.58. The van der Waals surface area contributed by atoms with Gasteiger partial charge in [0, 0.05) is 0 Å². The third kappa shape index (κ3) is 3.47. The van der Waals surface area contributed by atoms with Crippen LogP contribution in [0, 0.1) is 5.92 Å². The summed E-state index contributed by atoms with van der Waals surface area (Å²) >= 11 is 0. The summed E-state index contributed by atoms with van der Waals surface area (Å²) in [6, 6.07) is -0.303. The average molecular weight is 271 g/mol. The van der Waals surface area contributed by atoms with Crippen LogP contribution in [0.3, 0.4) is 0 Å². The molecule has 0 spiro atoms. The standard InChI is InChI=1S/C14H25NO4/c1-9(2)11-10(8-16)18-14(6,7)15(11)12(17)19-13(3,4)5/h8-11H,1-7H3. The highest BCUT2D eigenvalue weighted by Gasteiger charge is 2.52. The molecule has 5 heteroatoms. The van der Waals surface area contributed by atoms with E-state index in [-0.39, 0.29) is 12.0 Å². The topological polar surface area (TPSA) is 55.8 Å². The van der Waals surface area contributed by atoms with E-state index in [1.165, 1.54) is 0 Å². The Morgan fingerprint density at radius 2 is 1.89 bits per heavy atom. The van der Waals surface area contributed by atoms with E-state index in [1.807, 2.05) is 34.6 Å². The lowest BCUT2D eigenvalue weighted by atomic mass is 9.98. The maximum absolute atomic E-state index is 12.4. The van der Waals surface area contributed by atoms with E-state index < -0.39 is 23.5 Å². The molecule has 0 radical (unpaired) electrons. The maximum Gasteiger partial charge on any atom is 0.412 e. The molecule has 2 atom stereocenters. The molecule has 0 aromatic heterocycles. The Labute approximate surface area is 115 Å². The van der Waals surface area contributed by atoms with E-state index in [0.29, 0.717) is 0 Å². The monoisotopic (exact) mass is 271 g/mol. The fraction of sp³-hybridized carbons (Fsp3) is 0.857. The van der Waals surface area contributed by atoms with E-state index in [2.05, 4.69) is 0 Å². The molecule has 1 aliphatic heterocycles. The fourth-order valence-electron chi connectivity index (χ4n) is 2.40. The van der Waals surface area contributed by atoms with Crippen molar-refractivity contribution in [3.8, 4) is 0 Å². The summed E-state index contributed by atoms with van der Waals surface area (Å²) in [5, 5.41) is 0. The lowest BCUT2D eigenvalue weighted by Crippen LogP contribution is -2.52. The Hall–Kier alpha value is -1.10. The number of amides is 1. The summed E-state index contributed by atoms with van der Waals surface area (Å²) in [6.45, 7) is 12.9. The van der Waals surface area contributed by atoms with Crippen LogP contribution in [0.2, 0.25) is 0 Å². The van der Waals surface area contributed by atoms with Crippen molar-refractivity contribution in [3.05, 3.63) is 0 Å². The molecule has 1 saturated heterocycles. The first-order valence-corrected chi connectivity index (χ1v) is 6.65. The molecule has 1 rings (SSSR count). The second-order valence-corrected chi connectivity index (χ2v) is 6.75. The summed E-state index contributed by atoms with van der Waals surface area (Å²) in [4.78, 5) is 25.1. The highest BCUT2D eigenvalue weighted by atomic mass is 16.6. The predicted molar refractivity (Wildman–Crippen MR) is 71.7 cm³/mol. The van der Waals surface area contributed by atoms with Crippen molar-refractivity contribution in [2.24, 2.45) is 5.92 Å². The van der Waals surface area contributed by atoms with E-state index >= 15 is 0 Å². The first-order valence-electron chi connectivity index (χ1n) is 6.65. The summed E-state index contributed by atoms with van der Waals surface area (Å²) in [6.07, 6.45) is -0.292. The van der Waals surface area contributed by atoms with Gasteiger partial charge in [-0.15, -0.1) is 0 Å². The Morgan fingerprint density at radius 3 is 2.26 bits per heavy atom. The molecule has 0 bridgehead atoms. The highest BCUT2D eigenvalue weighted by molar-refractivity contribution is 5.72. The van der Waals surface area contributed by atoms with Gasteiger partial charge >= 0.3 is 6.09 Å². The molecule has 1 aliphatic rings. The number of hydrogen-bond acceptors (Lipinski definition) is 4. The van der Waals surface area contributed by atoms with Crippen molar-refractivity contribution < 1.29 is 19.1 Å². The zero-order valence-electron chi connectivity index (χ0n) is 12.9.